The van der Waals surface area contributed by atoms with Gasteiger partial charge in [-0.1, -0.05) is 13.0 Å². The van der Waals surface area contributed by atoms with Gasteiger partial charge in [0.2, 0.25) is 6.20 Å². The average Bonchev–Trinajstić information content (AvgIpc) is 2.25. The van der Waals surface area contributed by atoms with Crippen LogP contribution in [0.2, 0.25) is 0 Å². The van der Waals surface area contributed by atoms with Gasteiger partial charge in [0.1, 0.15) is 5.75 Å². The third kappa shape index (κ3) is 3.09. The maximum atomic E-state index is 10.2. The van der Waals surface area contributed by atoms with Crippen molar-refractivity contribution in [2.75, 3.05) is 7.11 Å². The van der Waals surface area contributed by atoms with Crippen molar-refractivity contribution < 1.29 is 9.66 Å². The second-order valence-electron chi connectivity index (χ2n) is 3.03. The Morgan fingerprint density at radius 1 is 1.53 bits per heavy atom. The highest BCUT2D eigenvalue weighted by Crippen LogP contribution is 2.21. The van der Waals surface area contributed by atoms with Gasteiger partial charge in [0.25, 0.3) is 0 Å². The fraction of sp³-hybridized carbons (Fsp3) is 0.273. The maximum Gasteiger partial charge on any atom is 0.235 e. The SMILES string of the molecule is CCc1ccc(OC)c(C=C[N+](=O)[O-])c1. The summed E-state index contributed by atoms with van der Waals surface area (Å²) in [7, 11) is 1.55. The fourth-order valence-electron chi connectivity index (χ4n) is 1.28. The van der Waals surface area contributed by atoms with Gasteiger partial charge in [-0.2, -0.15) is 0 Å². The van der Waals surface area contributed by atoms with Crippen LogP contribution in [0.4, 0.5) is 0 Å². The summed E-state index contributed by atoms with van der Waals surface area (Å²) in [5.41, 5.74) is 1.85. The normalized spacial score (nSPS) is 10.5. The van der Waals surface area contributed by atoms with Crippen LogP contribution in [0, 0.1) is 10.1 Å². The molecule has 0 heterocycles. The van der Waals surface area contributed by atoms with E-state index in [-0.39, 0.29) is 0 Å². The molecule has 1 aromatic carbocycles. The van der Waals surface area contributed by atoms with Crippen LogP contribution in [0.3, 0.4) is 0 Å². The van der Waals surface area contributed by atoms with E-state index in [1.54, 1.807) is 7.11 Å². The van der Waals surface area contributed by atoms with Crippen LogP contribution in [0.15, 0.2) is 24.4 Å². The lowest BCUT2D eigenvalue weighted by molar-refractivity contribution is -0.400. The number of hydrogen-bond acceptors (Lipinski definition) is 3. The second-order valence-corrected chi connectivity index (χ2v) is 3.03. The number of aryl methyl sites for hydroxylation is 1. The summed E-state index contributed by atoms with van der Waals surface area (Å²) < 4.78 is 5.10. The molecule has 0 N–H and O–H groups in total. The predicted octanol–water partition coefficient (Wildman–Crippen LogP) is 2.51. The topological polar surface area (TPSA) is 52.4 Å². The molecule has 0 fully saturated rings. The maximum absolute atomic E-state index is 10.2. The van der Waals surface area contributed by atoms with E-state index < -0.39 is 4.92 Å². The Labute approximate surface area is 88.3 Å². The van der Waals surface area contributed by atoms with Gasteiger partial charge in [0, 0.05) is 11.6 Å². The lowest BCUT2D eigenvalue weighted by Gasteiger charge is -2.05. The number of hydrogen-bond donors (Lipinski definition) is 0. The summed E-state index contributed by atoms with van der Waals surface area (Å²) in [6.07, 6.45) is 3.25. The van der Waals surface area contributed by atoms with Crippen LogP contribution in [0.25, 0.3) is 6.08 Å². The molecule has 4 nitrogen and oxygen atoms in total. The van der Waals surface area contributed by atoms with E-state index in [2.05, 4.69) is 0 Å². The third-order valence-corrected chi connectivity index (χ3v) is 2.08. The number of ether oxygens (including phenoxy) is 1. The van der Waals surface area contributed by atoms with Crippen LogP contribution < -0.4 is 4.74 Å². The Kier molecular flexibility index (Phi) is 3.85. The summed E-state index contributed by atoms with van der Waals surface area (Å²) in [6.45, 7) is 2.03. The first-order valence-electron chi connectivity index (χ1n) is 4.66. The predicted molar refractivity (Wildman–Crippen MR) is 58.4 cm³/mol. The first-order valence-corrected chi connectivity index (χ1v) is 4.66. The zero-order valence-corrected chi connectivity index (χ0v) is 8.77. The summed E-state index contributed by atoms with van der Waals surface area (Å²) in [6, 6.07) is 5.65. The van der Waals surface area contributed by atoms with Crippen molar-refractivity contribution in [3.8, 4) is 5.75 Å². The Hall–Kier alpha value is -1.84. The molecule has 1 rings (SSSR count). The molecule has 0 unspecified atom stereocenters. The smallest absolute Gasteiger partial charge is 0.235 e. The zero-order chi connectivity index (χ0) is 11.3. The average molecular weight is 207 g/mol. The van der Waals surface area contributed by atoms with Crippen molar-refractivity contribution in [2.24, 2.45) is 0 Å². The molecule has 0 radical (unpaired) electrons. The molecule has 0 aliphatic carbocycles. The van der Waals surface area contributed by atoms with Gasteiger partial charge in [0.05, 0.1) is 12.0 Å². The highest BCUT2D eigenvalue weighted by Gasteiger charge is 2.01. The van der Waals surface area contributed by atoms with Gasteiger partial charge in [-0.05, 0) is 24.1 Å². The number of nitrogens with zero attached hydrogens (tertiary/aromatic N) is 1. The molecule has 0 saturated carbocycles. The minimum atomic E-state index is -0.488. The number of methoxy groups -OCH3 is 1. The largest absolute Gasteiger partial charge is 0.496 e. The van der Waals surface area contributed by atoms with Crippen molar-refractivity contribution in [1.82, 2.24) is 0 Å². The molecule has 0 aliphatic rings. The van der Waals surface area contributed by atoms with Crippen LogP contribution in [0.5, 0.6) is 5.75 Å². The Bertz CT molecular complexity index is 385. The van der Waals surface area contributed by atoms with Gasteiger partial charge in [-0.25, -0.2) is 0 Å². The van der Waals surface area contributed by atoms with E-state index >= 15 is 0 Å². The lowest BCUT2D eigenvalue weighted by atomic mass is 10.1. The second kappa shape index (κ2) is 5.14. The van der Waals surface area contributed by atoms with E-state index in [4.69, 9.17) is 4.74 Å². The van der Waals surface area contributed by atoms with E-state index in [0.29, 0.717) is 5.75 Å². The molecule has 0 aliphatic heterocycles. The summed E-state index contributed by atoms with van der Waals surface area (Å²) in [5, 5.41) is 10.2. The fourth-order valence-corrected chi connectivity index (χ4v) is 1.28. The van der Waals surface area contributed by atoms with Crippen LogP contribution in [0.1, 0.15) is 18.1 Å². The summed E-state index contributed by atoms with van der Waals surface area (Å²) in [5.74, 6) is 0.644. The van der Waals surface area contributed by atoms with E-state index in [9.17, 15) is 10.1 Å². The molecule has 80 valence electrons. The number of nitro groups is 1. The molecular formula is C11H13NO3. The van der Waals surface area contributed by atoms with E-state index in [0.717, 1.165) is 23.7 Å². The minimum absolute atomic E-state index is 0.488. The zero-order valence-electron chi connectivity index (χ0n) is 8.77. The Morgan fingerprint density at radius 2 is 2.27 bits per heavy atom. The molecular weight excluding hydrogens is 194 g/mol. The monoisotopic (exact) mass is 207 g/mol. The van der Waals surface area contributed by atoms with Crippen LogP contribution in [-0.4, -0.2) is 12.0 Å². The third-order valence-electron chi connectivity index (χ3n) is 2.08. The van der Waals surface area contributed by atoms with Gasteiger partial charge >= 0.3 is 0 Å². The van der Waals surface area contributed by atoms with Gasteiger partial charge < -0.3 is 4.74 Å². The number of benzene rings is 1. The van der Waals surface area contributed by atoms with Gasteiger partial charge in [-0.15, -0.1) is 0 Å². The van der Waals surface area contributed by atoms with Crippen molar-refractivity contribution in [1.29, 1.82) is 0 Å². The van der Waals surface area contributed by atoms with Crippen LogP contribution in [-0.2, 0) is 6.42 Å². The first-order chi connectivity index (χ1) is 7.17. The van der Waals surface area contributed by atoms with E-state index in [1.165, 1.54) is 6.08 Å². The standard InChI is InChI=1S/C11H13NO3/c1-3-9-4-5-11(15-2)10(8-9)6-7-12(13)14/h4-8H,3H2,1-2H3. The molecule has 0 saturated heterocycles. The van der Waals surface area contributed by atoms with Crippen molar-refractivity contribution >= 4 is 6.08 Å². The highest BCUT2D eigenvalue weighted by molar-refractivity contribution is 5.57. The summed E-state index contributed by atoms with van der Waals surface area (Å²) >= 11 is 0. The lowest BCUT2D eigenvalue weighted by Crippen LogP contribution is -1.90. The molecule has 4 heteroatoms. The first kappa shape index (κ1) is 11.2. The molecule has 0 spiro atoms. The molecule has 0 amide bonds. The minimum Gasteiger partial charge on any atom is -0.496 e. The van der Waals surface area contributed by atoms with Gasteiger partial charge in [0.15, 0.2) is 0 Å². The summed E-state index contributed by atoms with van der Waals surface area (Å²) in [4.78, 5) is 9.72. The Balaban J connectivity index is 3.06. The number of rotatable bonds is 4. The molecule has 0 bridgehead atoms. The van der Waals surface area contributed by atoms with Gasteiger partial charge in [-0.3, -0.25) is 10.1 Å². The Morgan fingerprint density at radius 3 is 2.80 bits per heavy atom. The van der Waals surface area contributed by atoms with Crippen molar-refractivity contribution in [3.63, 3.8) is 0 Å². The highest BCUT2D eigenvalue weighted by atomic mass is 16.6. The molecule has 1 aromatic rings. The quantitative estimate of drug-likeness (QED) is 0.563. The molecule has 15 heavy (non-hydrogen) atoms. The molecule has 0 atom stereocenters. The van der Waals surface area contributed by atoms with Crippen molar-refractivity contribution in [3.05, 3.63) is 45.6 Å². The molecule has 0 aromatic heterocycles. The van der Waals surface area contributed by atoms with Crippen LogP contribution >= 0.6 is 0 Å². The van der Waals surface area contributed by atoms with E-state index in [1.807, 2.05) is 25.1 Å². The van der Waals surface area contributed by atoms with Crippen molar-refractivity contribution in [2.45, 2.75) is 13.3 Å².